The zero-order valence-corrected chi connectivity index (χ0v) is 14.1. The molecular formula is C12H25AsO2S. The fourth-order valence-electron chi connectivity index (χ4n) is 1.70. The second-order valence-corrected chi connectivity index (χ2v) is 8.32. The molecule has 2 nitrogen and oxygen atoms in total. The molecule has 3 unspecified atom stereocenters. The molecule has 16 heavy (non-hydrogen) atoms. The number of carboxylic acids is 1. The van der Waals surface area contributed by atoms with Crippen molar-refractivity contribution in [2.24, 2.45) is 5.92 Å². The number of hydrogen-bond acceptors (Lipinski definition) is 2. The van der Waals surface area contributed by atoms with E-state index in [9.17, 15) is 4.79 Å². The van der Waals surface area contributed by atoms with Crippen molar-refractivity contribution in [2.75, 3.05) is 5.75 Å². The Morgan fingerprint density at radius 3 is 2.50 bits per heavy atom. The molecule has 0 radical (unpaired) electrons. The van der Waals surface area contributed by atoms with Crippen molar-refractivity contribution in [1.29, 1.82) is 0 Å². The zero-order chi connectivity index (χ0) is 12.8. The van der Waals surface area contributed by atoms with Crippen LogP contribution in [-0.4, -0.2) is 38.4 Å². The van der Waals surface area contributed by atoms with E-state index < -0.39 is 5.97 Å². The molecule has 0 saturated heterocycles. The SMILES string of the molecule is CCCCSC(C)(C)CC(C)C([AsH2])C(=O)O. The van der Waals surface area contributed by atoms with Crippen LogP contribution >= 0.6 is 11.8 Å². The van der Waals surface area contributed by atoms with E-state index in [2.05, 4.69) is 27.7 Å². The van der Waals surface area contributed by atoms with Crippen LogP contribution in [0, 0.1) is 5.92 Å². The number of carboxylic acid groups (broad SMARTS) is 1. The molecule has 0 aromatic heterocycles. The van der Waals surface area contributed by atoms with Crippen LogP contribution in [0.1, 0.15) is 47.0 Å². The molecule has 0 amide bonds. The van der Waals surface area contributed by atoms with Crippen LogP contribution in [0.15, 0.2) is 0 Å². The summed E-state index contributed by atoms with van der Waals surface area (Å²) in [6, 6.07) is 0. The maximum absolute atomic E-state index is 10.9. The first-order valence-electron chi connectivity index (χ1n) is 5.92. The van der Waals surface area contributed by atoms with Crippen LogP contribution in [0.5, 0.6) is 0 Å². The van der Waals surface area contributed by atoms with E-state index in [0.717, 1.165) is 6.42 Å². The van der Waals surface area contributed by atoms with E-state index >= 15 is 0 Å². The van der Waals surface area contributed by atoms with Gasteiger partial charge in [0.15, 0.2) is 0 Å². The number of rotatable bonds is 8. The number of hydrogen-bond donors (Lipinski definition) is 1. The molecule has 0 aromatic rings. The Hall–Kier alpha value is 0.378. The Kier molecular flexibility index (Phi) is 7.84. The summed E-state index contributed by atoms with van der Waals surface area (Å²) < 4.78 is 0.0209. The van der Waals surface area contributed by atoms with Crippen LogP contribution in [0.2, 0.25) is 4.71 Å². The fraction of sp³-hybridized carbons (Fsp3) is 0.917. The predicted molar refractivity (Wildman–Crippen MR) is 75.2 cm³/mol. The Morgan fingerprint density at radius 2 is 2.06 bits per heavy atom. The summed E-state index contributed by atoms with van der Waals surface area (Å²) in [7, 11) is 0. The van der Waals surface area contributed by atoms with Crippen molar-refractivity contribution in [2.45, 2.75) is 56.4 Å². The summed E-state index contributed by atoms with van der Waals surface area (Å²) in [6.07, 6.45) is 3.46. The normalized spacial score (nSPS) is 15.8. The van der Waals surface area contributed by atoms with Crippen LogP contribution in [0.3, 0.4) is 0 Å². The third-order valence-electron chi connectivity index (χ3n) is 2.70. The third kappa shape index (κ3) is 6.85. The molecule has 0 bridgehead atoms. The van der Waals surface area contributed by atoms with Crippen LogP contribution in [0.25, 0.3) is 0 Å². The molecule has 96 valence electrons. The van der Waals surface area contributed by atoms with Gasteiger partial charge in [-0.3, -0.25) is 0 Å². The molecule has 0 aliphatic rings. The molecular weight excluding hydrogens is 283 g/mol. The summed E-state index contributed by atoms with van der Waals surface area (Å²) in [5, 5.41) is 8.97. The molecule has 0 fully saturated rings. The molecule has 0 rings (SSSR count). The minimum atomic E-state index is -0.651. The van der Waals surface area contributed by atoms with Crippen molar-refractivity contribution in [3.05, 3.63) is 0 Å². The standard InChI is InChI=1S/C12H25AsO2S/c1-5-6-7-16-12(3,4)8-9(2)10(13)11(14)15/h9-10H,5-8,13H2,1-4H3,(H,14,15). The number of unbranched alkanes of at least 4 members (excludes halogenated alkanes) is 1. The van der Waals surface area contributed by atoms with Gasteiger partial charge in [0.25, 0.3) is 0 Å². The van der Waals surface area contributed by atoms with Crippen molar-refractivity contribution in [1.82, 2.24) is 0 Å². The molecule has 0 aliphatic heterocycles. The topological polar surface area (TPSA) is 37.3 Å². The summed E-state index contributed by atoms with van der Waals surface area (Å²) in [6.45, 7) is 8.71. The second kappa shape index (κ2) is 7.66. The van der Waals surface area contributed by atoms with Crippen molar-refractivity contribution >= 4 is 34.6 Å². The van der Waals surface area contributed by atoms with E-state index in [1.54, 1.807) is 0 Å². The molecule has 0 aliphatic carbocycles. The number of thioether (sulfide) groups is 1. The summed E-state index contributed by atoms with van der Waals surface area (Å²) in [5.74, 6) is 0.798. The van der Waals surface area contributed by atoms with Gasteiger partial charge < -0.3 is 0 Å². The third-order valence-corrected chi connectivity index (χ3v) is 6.12. The molecule has 0 heterocycles. The number of aliphatic carboxylic acids is 1. The van der Waals surface area contributed by atoms with Gasteiger partial charge in [-0.2, -0.15) is 0 Å². The Balaban J connectivity index is 4.08. The monoisotopic (exact) mass is 308 g/mol. The van der Waals surface area contributed by atoms with Crippen molar-refractivity contribution in [3.8, 4) is 0 Å². The van der Waals surface area contributed by atoms with Crippen LogP contribution in [0.4, 0.5) is 0 Å². The summed E-state index contributed by atoms with van der Waals surface area (Å²) >= 11 is 3.30. The van der Waals surface area contributed by atoms with Gasteiger partial charge in [0.05, 0.1) is 0 Å². The van der Waals surface area contributed by atoms with Gasteiger partial charge in [-0.1, -0.05) is 0 Å². The first-order chi connectivity index (χ1) is 7.30. The van der Waals surface area contributed by atoms with Crippen molar-refractivity contribution < 1.29 is 9.90 Å². The predicted octanol–water partition coefficient (Wildman–Crippen LogP) is 2.83. The quantitative estimate of drug-likeness (QED) is 0.553. The van der Waals surface area contributed by atoms with Crippen LogP contribution in [-0.2, 0) is 4.79 Å². The van der Waals surface area contributed by atoms with Crippen molar-refractivity contribution in [3.63, 3.8) is 0 Å². The van der Waals surface area contributed by atoms with Gasteiger partial charge in [-0.15, -0.1) is 0 Å². The van der Waals surface area contributed by atoms with Gasteiger partial charge >= 0.3 is 113 Å². The maximum atomic E-state index is 10.9. The van der Waals surface area contributed by atoms with Gasteiger partial charge in [-0.05, 0) is 0 Å². The zero-order valence-electron chi connectivity index (χ0n) is 10.8. The van der Waals surface area contributed by atoms with E-state index in [-0.39, 0.29) is 15.4 Å². The molecule has 1 N–H and O–H groups in total. The minimum absolute atomic E-state index is 0.182. The Morgan fingerprint density at radius 1 is 1.50 bits per heavy atom. The summed E-state index contributed by atoms with van der Waals surface area (Å²) in [4.78, 5) is 10.9. The van der Waals surface area contributed by atoms with Crippen LogP contribution < -0.4 is 0 Å². The first kappa shape index (κ1) is 16.4. The van der Waals surface area contributed by atoms with Gasteiger partial charge in [-0.25, -0.2) is 0 Å². The van der Waals surface area contributed by atoms with E-state index in [4.69, 9.17) is 5.11 Å². The average Bonchev–Trinajstić information content (AvgIpc) is 2.15. The average molecular weight is 308 g/mol. The molecule has 3 atom stereocenters. The van der Waals surface area contributed by atoms with E-state index in [1.165, 1.54) is 35.4 Å². The second-order valence-electron chi connectivity index (χ2n) is 5.01. The molecule has 0 spiro atoms. The Labute approximate surface area is 112 Å². The van der Waals surface area contributed by atoms with Gasteiger partial charge in [0.2, 0.25) is 0 Å². The Bertz CT molecular complexity index is 219. The molecule has 0 aromatic carbocycles. The molecule has 0 saturated carbocycles. The molecule has 4 heteroatoms. The fourth-order valence-corrected chi connectivity index (χ4v) is 3.35. The first-order valence-corrected chi connectivity index (χ1v) is 8.31. The van der Waals surface area contributed by atoms with E-state index in [1.807, 2.05) is 11.8 Å². The van der Waals surface area contributed by atoms with E-state index in [0.29, 0.717) is 0 Å². The number of carbonyl (C=O) groups is 1. The van der Waals surface area contributed by atoms with Gasteiger partial charge in [0.1, 0.15) is 0 Å². The van der Waals surface area contributed by atoms with Gasteiger partial charge in [0, 0.05) is 0 Å². The summed E-state index contributed by atoms with van der Waals surface area (Å²) in [5.41, 5.74) is 0.